The lowest BCUT2D eigenvalue weighted by Gasteiger charge is -2.40. The summed E-state index contributed by atoms with van der Waals surface area (Å²) in [6, 6.07) is 6.57. The molecule has 1 saturated carbocycles. The van der Waals surface area contributed by atoms with E-state index in [9.17, 15) is 9.18 Å². The molecule has 0 spiro atoms. The Bertz CT molecular complexity index is 473. The monoisotopic (exact) mass is 262 g/mol. The molecular formula is C15H19FN2O. The lowest BCUT2D eigenvalue weighted by molar-refractivity contribution is -0.141. The first-order valence-electron chi connectivity index (χ1n) is 7.02. The van der Waals surface area contributed by atoms with Gasteiger partial charge in [-0.25, -0.2) is 4.39 Å². The van der Waals surface area contributed by atoms with Crippen LogP contribution in [0.25, 0.3) is 0 Å². The van der Waals surface area contributed by atoms with Crippen molar-refractivity contribution in [3.05, 3.63) is 35.6 Å². The maximum absolute atomic E-state index is 13.4. The first-order chi connectivity index (χ1) is 9.25. The average molecular weight is 262 g/mol. The quantitative estimate of drug-likeness (QED) is 0.885. The van der Waals surface area contributed by atoms with Gasteiger partial charge in [0, 0.05) is 25.6 Å². The second kappa shape index (κ2) is 5.29. The first-order valence-corrected chi connectivity index (χ1v) is 7.02. The average Bonchev–Trinajstić information content (AvgIpc) is 2.37. The van der Waals surface area contributed by atoms with Crippen molar-refractivity contribution in [1.29, 1.82) is 0 Å². The second-order valence-corrected chi connectivity index (χ2v) is 5.43. The summed E-state index contributed by atoms with van der Waals surface area (Å²) in [6.07, 6.45) is 3.18. The Morgan fingerprint density at radius 1 is 1.37 bits per heavy atom. The van der Waals surface area contributed by atoms with Crippen LogP contribution in [0.3, 0.4) is 0 Å². The molecule has 3 rings (SSSR count). The van der Waals surface area contributed by atoms with Gasteiger partial charge in [-0.2, -0.15) is 0 Å². The number of nitrogens with one attached hydrogen (secondary N) is 1. The molecule has 1 amide bonds. The first kappa shape index (κ1) is 12.6. The number of piperazine rings is 1. The van der Waals surface area contributed by atoms with Crippen molar-refractivity contribution in [2.24, 2.45) is 5.92 Å². The van der Waals surface area contributed by atoms with Crippen LogP contribution in [0.15, 0.2) is 24.3 Å². The topological polar surface area (TPSA) is 32.3 Å². The summed E-state index contributed by atoms with van der Waals surface area (Å²) in [6.45, 7) is 2.25. The minimum absolute atomic E-state index is 0.0300. The molecule has 2 aliphatic rings. The number of benzene rings is 1. The maximum Gasteiger partial charge on any atom is 0.226 e. The zero-order valence-electron chi connectivity index (χ0n) is 10.9. The third-order valence-electron chi connectivity index (χ3n) is 4.21. The predicted octanol–water partition coefficient (Wildman–Crippen LogP) is 2.10. The van der Waals surface area contributed by atoms with E-state index < -0.39 is 0 Å². The van der Waals surface area contributed by atoms with Crippen LogP contribution in [0.1, 0.15) is 30.9 Å². The molecule has 1 aromatic rings. The van der Waals surface area contributed by atoms with Crippen LogP contribution in [-0.2, 0) is 4.79 Å². The van der Waals surface area contributed by atoms with Crippen LogP contribution in [0, 0.1) is 11.7 Å². The van der Waals surface area contributed by atoms with Gasteiger partial charge in [-0.05, 0) is 30.5 Å². The van der Waals surface area contributed by atoms with Gasteiger partial charge in [0.05, 0.1) is 6.04 Å². The fourth-order valence-electron chi connectivity index (χ4n) is 2.87. The summed E-state index contributed by atoms with van der Waals surface area (Å²) in [5, 5.41) is 3.30. The van der Waals surface area contributed by atoms with Crippen LogP contribution >= 0.6 is 0 Å². The van der Waals surface area contributed by atoms with Gasteiger partial charge < -0.3 is 10.2 Å². The highest BCUT2D eigenvalue weighted by Crippen LogP contribution is 2.32. The summed E-state index contributed by atoms with van der Waals surface area (Å²) in [5.74, 6) is 0.218. The summed E-state index contributed by atoms with van der Waals surface area (Å²) in [5.41, 5.74) is 0.889. The molecule has 2 fully saturated rings. The number of amides is 1. The summed E-state index contributed by atoms with van der Waals surface area (Å²) in [4.78, 5) is 14.4. The molecule has 1 aromatic carbocycles. The zero-order valence-corrected chi connectivity index (χ0v) is 10.9. The molecule has 1 unspecified atom stereocenters. The van der Waals surface area contributed by atoms with Gasteiger partial charge >= 0.3 is 0 Å². The van der Waals surface area contributed by atoms with E-state index in [1.165, 1.54) is 6.07 Å². The third-order valence-corrected chi connectivity index (χ3v) is 4.21. The van der Waals surface area contributed by atoms with E-state index >= 15 is 0 Å². The van der Waals surface area contributed by atoms with E-state index in [0.717, 1.165) is 37.9 Å². The minimum atomic E-state index is -0.237. The number of rotatable bonds is 2. The van der Waals surface area contributed by atoms with Crippen LogP contribution in [-0.4, -0.2) is 30.4 Å². The van der Waals surface area contributed by atoms with E-state index in [4.69, 9.17) is 0 Å². The van der Waals surface area contributed by atoms with Crippen molar-refractivity contribution in [3.8, 4) is 0 Å². The highest BCUT2D eigenvalue weighted by atomic mass is 19.1. The molecule has 0 radical (unpaired) electrons. The molecule has 1 saturated heterocycles. The molecule has 0 bridgehead atoms. The van der Waals surface area contributed by atoms with Gasteiger partial charge in [0.1, 0.15) is 5.82 Å². The van der Waals surface area contributed by atoms with E-state index in [-0.39, 0.29) is 23.7 Å². The molecule has 1 heterocycles. The third kappa shape index (κ3) is 2.50. The Hall–Kier alpha value is -1.42. The smallest absolute Gasteiger partial charge is 0.226 e. The molecular weight excluding hydrogens is 243 g/mol. The number of nitrogens with zero attached hydrogens (tertiary/aromatic N) is 1. The van der Waals surface area contributed by atoms with Crippen molar-refractivity contribution in [2.75, 3.05) is 19.6 Å². The van der Waals surface area contributed by atoms with Crippen molar-refractivity contribution < 1.29 is 9.18 Å². The Balaban J connectivity index is 1.82. The number of carbonyl (C=O) groups excluding carboxylic acids is 1. The standard InChI is InChI=1S/C15H19FN2O/c16-13-6-2-5-12(9-13)14-10-17-7-8-18(14)15(19)11-3-1-4-11/h2,5-6,9,11,14,17H,1,3-4,7-8,10H2. The molecule has 102 valence electrons. The lowest BCUT2D eigenvalue weighted by Crippen LogP contribution is -2.51. The highest BCUT2D eigenvalue weighted by Gasteiger charge is 2.34. The Kier molecular flexibility index (Phi) is 3.51. The Labute approximate surface area is 112 Å². The molecule has 1 atom stereocenters. The number of halogens is 1. The predicted molar refractivity (Wildman–Crippen MR) is 71.1 cm³/mol. The maximum atomic E-state index is 13.4. The van der Waals surface area contributed by atoms with Gasteiger partial charge in [0.15, 0.2) is 0 Å². The fourth-order valence-corrected chi connectivity index (χ4v) is 2.87. The molecule has 19 heavy (non-hydrogen) atoms. The molecule has 1 aliphatic heterocycles. The minimum Gasteiger partial charge on any atom is -0.333 e. The Morgan fingerprint density at radius 3 is 2.89 bits per heavy atom. The fraction of sp³-hybridized carbons (Fsp3) is 0.533. The molecule has 0 aromatic heterocycles. The largest absolute Gasteiger partial charge is 0.333 e. The van der Waals surface area contributed by atoms with Crippen molar-refractivity contribution >= 4 is 5.91 Å². The highest BCUT2D eigenvalue weighted by molar-refractivity contribution is 5.80. The van der Waals surface area contributed by atoms with Crippen LogP contribution in [0.4, 0.5) is 4.39 Å². The summed E-state index contributed by atoms with van der Waals surface area (Å²) >= 11 is 0. The number of hydrogen-bond acceptors (Lipinski definition) is 2. The van der Waals surface area contributed by atoms with Gasteiger partial charge in [0.25, 0.3) is 0 Å². The van der Waals surface area contributed by atoms with Gasteiger partial charge in [-0.15, -0.1) is 0 Å². The van der Waals surface area contributed by atoms with Crippen LogP contribution in [0.5, 0.6) is 0 Å². The summed E-state index contributed by atoms with van der Waals surface area (Å²) < 4.78 is 13.4. The summed E-state index contributed by atoms with van der Waals surface area (Å²) in [7, 11) is 0. The van der Waals surface area contributed by atoms with E-state index in [1.54, 1.807) is 12.1 Å². The van der Waals surface area contributed by atoms with E-state index in [1.807, 2.05) is 11.0 Å². The normalized spacial score (nSPS) is 24.1. The van der Waals surface area contributed by atoms with E-state index in [2.05, 4.69) is 5.32 Å². The molecule has 1 aliphatic carbocycles. The molecule has 1 N–H and O–H groups in total. The molecule has 3 nitrogen and oxygen atoms in total. The van der Waals surface area contributed by atoms with Crippen molar-refractivity contribution in [2.45, 2.75) is 25.3 Å². The van der Waals surface area contributed by atoms with Crippen LogP contribution in [0.2, 0.25) is 0 Å². The zero-order chi connectivity index (χ0) is 13.2. The van der Waals surface area contributed by atoms with Gasteiger partial charge in [-0.3, -0.25) is 4.79 Å². The Morgan fingerprint density at radius 2 is 2.21 bits per heavy atom. The SMILES string of the molecule is O=C(C1CCC1)N1CCNCC1c1cccc(F)c1. The number of carbonyl (C=O) groups is 1. The van der Waals surface area contributed by atoms with Crippen molar-refractivity contribution in [3.63, 3.8) is 0 Å². The number of hydrogen-bond donors (Lipinski definition) is 1. The lowest BCUT2D eigenvalue weighted by atomic mass is 9.83. The van der Waals surface area contributed by atoms with Crippen LogP contribution < -0.4 is 5.32 Å². The second-order valence-electron chi connectivity index (χ2n) is 5.43. The van der Waals surface area contributed by atoms with Crippen molar-refractivity contribution in [1.82, 2.24) is 10.2 Å². The molecule has 4 heteroatoms. The van der Waals surface area contributed by atoms with E-state index in [0.29, 0.717) is 6.54 Å². The van der Waals surface area contributed by atoms with Gasteiger partial charge in [0.2, 0.25) is 5.91 Å². The van der Waals surface area contributed by atoms with Gasteiger partial charge in [-0.1, -0.05) is 18.6 Å².